The minimum Gasteiger partial charge on any atom is -0.495 e. The first-order chi connectivity index (χ1) is 8.61. The van der Waals surface area contributed by atoms with E-state index in [2.05, 4.69) is 14.9 Å². The second-order valence-electron chi connectivity index (χ2n) is 3.60. The Balaban J connectivity index is 2.20. The topological polar surface area (TPSA) is 90.1 Å². The standard InChI is InChI=1S/C11H12N4O2S/c1-6-10(18-15-14-6)11(16)13-7-3-4-8(12)9(5-7)17-2/h3-5H,12H2,1-2H3,(H,13,16). The maximum atomic E-state index is 11.9. The van der Waals surface area contributed by atoms with E-state index in [0.29, 0.717) is 27.7 Å². The van der Waals surface area contributed by atoms with Crippen molar-refractivity contribution >= 4 is 28.8 Å². The number of carbonyl (C=O) groups is 1. The highest BCUT2D eigenvalue weighted by Gasteiger charge is 2.13. The number of amides is 1. The first-order valence-electron chi connectivity index (χ1n) is 5.15. The molecule has 0 radical (unpaired) electrons. The van der Waals surface area contributed by atoms with Gasteiger partial charge in [-0.3, -0.25) is 4.79 Å². The number of benzene rings is 1. The number of methoxy groups -OCH3 is 1. The van der Waals surface area contributed by atoms with Gasteiger partial charge < -0.3 is 15.8 Å². The van der Waals surface area contributed by atoms with Crippen molar-refractivity contribution in [2.75, 3.05) is 18.2 Å². The van der Waals surface area contributed by atoms with Crippen molar-refractivity contribution in [2.45, 2.75) is 6.92 Å². The second-order valence-corrected chi connectivity index (χ2v) is 4.35. The van der Waals surface area contributed by atoms with Crippen molar-refractivity contribution in [3.8, 4) is 5.75 Å². The average Bonchev–Trinajstić information content (AvgIpc) is 2.78. The first kappa shape index (κ1) is 12.3. The van der Waals surface area contributed by atoms with Crippen LogP contribution in [0.3, 0.4) is 0 Å². The fraction of sp³-hybridized carbons (Fsp3) is 0.182. The second kappa shape index (κ2) is 5.01. The Hall–Kier alpha value is -2.15. The zero-order valence-corrected chi connectivity index (χ0v) is 10.7. The summed E-state index contributed by atoms with van der Waals surface area (Å²) in [5.74, 6) is 0.279. The summed E-state index contributed by atoms with van der Waals surface area (Å²) in [7, 11) is 1.52. The van der Waals surface area contributed by atoms with Crippen LogP contribution in [0.15, 0.2) is 18.2 Å². The number of nitrogens with zero attached hydrogens (tertiary/aromatic N) is 2. The van der Waals surface area contributed by atoms with Crippen LogP contribution in [0.4, 0.5) is 11.4 Å². The normalized spacial score (nSPS) is 10.1. The summed E-state index contributed by atoms with van der Waals surface area (Å²) in [6.07, 6.45) is 0. The van der Waals surface area contributed by atoms with E-state index in [1.165, 1.54) is 7.11 Å². The number of hydrogen-bond acceptors (Lipinski definition) is 6. The van der Waals surface area contributed by atoms with Crippen LogP contribution in [-0.4, -0.2) is 22.6 Å². The van der Waals surface area contributed by atoms with Crippen molar-refractivity contribution in [1.82, 2.24) is 9.59 Å². The number of nitrogen functional groups attached to an aromatic ring is 1. The molecule has 0 aliphatic heterocycles. The predicted molar refractivity (Wildman–Crippen MR) is 70.0 cm³/mol. The lowest BCUT2D eigenvalue weighted by Gasteiger charge is -2.08. The molecule has 2 rings (SSSR count). The monoisotopic (exact) mass is 264 g/mol. The van der Waals surface area contributed by atoms with Crippen LogP contribution < -0.4 is 15.8 Å². The molecule has 1 aromatic heterocycles. The van der Waals surface area contributed by atoms with E-state index in [9.17, 15) is 4.79 Å². The summed E-state index contributed by atoms with van der Waals surface area (Å²) in [6, 6.07) is 5.04. The van der Waals surface area contributed by atoms with Gasteiger partial charge in [-0.05, 0) is 30.6 Å². The van der Waals surface area contributed by atoms with Crippen molar-refractivity contribution in [2.24, 2.45) is 0 Å². The Morgan fingerprint density at radius 3 is 2.89 bits per heavy atom. The van der Waals surface area contributed by atoms with Gasteiger partial charge in [0.05, 0.1) is 18.5 Å². The molecule has 0 saturated heterocycles. The number of nitrogens with two attached hydrogens (primary N) is 1. The quantitative estimate of drug-likeness (QED) is 0.823. The van der Waals surface area contributed by atoms with Crippen molar-refractivity contribution in [3.05, 3.63) is 28.8 Å². The van der Waals surface area contributed by atoms with Crippen LogP contribution in [-0.2, 0) is 0 Å². The summed E-state index contributed by atoms with van der Waals surface area (Å²) in [5.41, 5.74) is 7.43. The Kier molecular flexibility index (Phi) is 3.42. The van der Waals surface area contributed by atoms with Gasteiger partial charge in [-0.25, -0.2) is 0 Å². The molecule has 0 aliphatic carbocycles. The predicted octanol–water partition coefficient (Wildman–Crippen LogP) is 1.69. The molecule has 3 N–H and O–H groups in total. The largest absolute Gasteiger partial charge is 0.495 e. The molecule has 0 spiro atoms. The van der Waals surface area contributed by atoms with Gasteiger partial charge in [-0.15, -0.1) is 5.10 Å². The molecular formula is C11H12N4O2S. The molecular weight excluding hydrogens is 252 g/mol. The van der Waals surface area contributed by atoms with Crippen LogP contribution in [0.5, 0.6) is 5.75 Å². The van der Waals surface area contributed by atoms with Crippen LogP contribution in [0.1, 0.15) is 15.4 Å². The lowest BCUT2D eigenvalue weighted by Crippen LogP contribution is -2.11. The molecule has 1 aromatic carbocycles. The van der Waals surface area contributed by atoms with Gasteiger partial charge in [0.2, 0.25) is 0 Å². The summed E-state index contributed by atoms with van der Waals surface area (Å²) in [4.78, 5) is 12.4. The number of rotatable bonds is 3. The summed E-state index contributed by atoms with van der Waals surface area (Å²) >= 11 is 1.06. The van der Waals surface area contributed by atoms with E-state index in [0.717, 1.165) is 11.5 Å². The lowest BCUT2D eigenvalue weighted by molar-refractivity contribution is 0.103. The fourth-order valence-corrected chi connectivity index (χ4v) is 1.97. The molecule has 2 aromatic rings. The number of aryl methyl sites for hydroxylation is 1. The third kappa shape index (κ3) is 2.40. The number of nitrogens with one attached hydrogen (secondary N) is 1. The van der Waals surface area contributed by atoms with Crippen molar-refractivity contribution < 1.29 is 9.53 Å². The Morgan fingerprint density at radius 2 is 2.28 bits per heavy atom. The molecule has 1 amide bonds. The van der Waals surface area contributed by atoms with E-state index in [-0.39, 0.29) is 5.91 Å². The molecule has 0 atom stereocenters. The smallest absolute Gasteiger partial charge is 0.269 e. The number of ether oxygens (including phenoxy) is 1. The van der Waals surface area contributed by atoms with Gasteiger partial charge in [-0.2, -0.15) is 0 Å². The van der Waals surface area contributed by atoms with E-state index >= 15 is 0 Å². The molecule has 0 aliphatic rings. The van der Waals surface area contributed by atoms with Crippen LogP contribution in [0.25, 0.3) is 0 Å². The molecule has 0 bridgehead atoms. The minimum absolute atomic E-state index is 0.241. The Bertz CT molecular complexity index is 582. The summed E-state index contributed by atoms with van der Waals surface area (Å²) in [5, 5.41) is 6.53. The SMILES string of the molecule is COc1cc(NC(=O)c2snnc2C)ccc1N. The third-order valence-corrected chi connectivity index (χ3v) is 3.18. The Labute approximate surface area is 108 Å². The number of anilines is 2. The molecule has 0 unspecified atom stereocenters. The highest BCUT2D eigenvalue weighted by Crippen LogP contribution is 2.25. The highest BCUT2D eigenvalue weighted by atomic mass is 32.1. The fourth-order valence-electron chi connectivity index (χ4n) is 1.42. The molecule has 7 heteroatoms. The van der Waals surface area contributed by atoms with Crippen LogP contribution in [0, 0.1) is 6.92 Å². The number of hydrogen-bond donors (Lipinski definition) is 2. The summed E-state index contributed by atoms with van der Waals surface area (Å²) < 4.78 is 8.80. The maximum absolute atomic E-state index is 11.9. The highest BCUT2D eigenvalue weighted by molar-refractivity contribution is 7.08. The van der Waals surface area contributed by atoms with E-state index in [1.54, 1.807) is 25.1 Å². The van der Waals surface area contributed by atoms with Crippen LogP contribution >= 0.6 is 11.5 Å². The zero-order chi connectivity index (χ0) is 13.1. The van der Waals surface area contributed by atoms with E-state index in [4.69, 9.17) is 10.5 Å². The average molecular weight is 264 g/mol. The van der Waals surface area contributed by atoms with E-state index < -0.39 is 0 Å². The third-order valence-electron chi connectivity index (χ3n) is 2.35. The van der Waals surface area contributed by atoms with Gasteiger partial charge in [-0.1, -0.05) is 4.49 Å². The number of aromatic nitrogens is 2. The van der Waals surface area contributed by atoms with Crippen molar-refractivity contribution in [1.29, 1.82) is 0 Å². The lowest BCUT2D eigenvalue weighted by atomic mass is 10.2. The maximum Gasteiger partial charge on any atom is 0.269 e. The molecule has 94 valence electrons. The molecule has 6 nitrogen and oxygen atoms in total. The van der Waals surface area contributed by atoms with E-state index in [1.807, 2.05) is 0 Å². The summed E-state index contributed by atoms with van der Waals surface area (Å²) in [6.45, 7) is 1.74. The number of carbonyl (C=O) groups excluding carboxylic acids is 1. The molecule has 0 fully saturated rings. The Morgan fingerprint density at radius 1 is 1.50 bits per heavy atom. The van der Waals surface area contributed by atoms with Gasteiger partial charge in [0.1, 0.15) is 10.6 Å². The first-order valence-corrected chi connectivity index (χ1v) is 5.93. The van der Waals surface area contributed by atoms with Crippen molar-refractivity contribution in [3.63, 3.8) is 0 Å². The molecule has 18 heavy (non-hydrogen) atoms. The molecule has 1 heterocycles. The van der Waals surface area contributed by atoms with Gasteiger partial charge in [0.25, 0.3) is 5.91 Å². The zero-order valence-electron chi connectivity index (χ0n) is 9.93. The minimum atomic E-state index is -0.241. The van der Waals surface area contributed by atoms with Gasteiger partial charge in [0.15, 0.2) is 0 Å². The van der Waals surface area contributed by atoms with Crippen LogP contribution in [0.2, 0.25) is 0 Å². The molecule has 0 saturated carbocycles. The van der Waals surface area contributed by atoms with Gasteiger partial charge in [0, 0.05) is 11.8 Å². The van der Waals surface area contributed by atoms with Gasteiger partial charge >= 0.3 is 0 Å².